The molecule has 1 aromatic rings. The van der Waals surface area contributed by atoms with Crippen molar-refractivity contribution in [1.82, 2.24) is 20.9 Å². The predicted octanol–water partition coefficient (Wildman–Crippen LogP) is 1.02. The molecule has 4 rings (SSSR count). The first kappa shape index (κ1) is 15.5. The van der Waals surface area contributed by atoms with E-state index >= 15 is 0 Å². The van der Waals surface area contributed by atoms with Crippen LogP contribution in [0.3, 0.4) is 0 Å². The van der Waals surface area contributed by atoms with E-state index in [2.05, 4.69) is 16.0 Å². The zero-order valence-electron chi connectivity index (χ0n) is 13.6. The Bertz CT molecular complexity index is 558. The van der Waals surface area contributed by atoms with Gasteiger partial charge in [0.15, 0.2) is 0 Å². The molecule has 5 nitrogen and oxygen atoms in total. The molecular weight excluding hydrogens is 308 g/mol. The van der Waals surface area contributed by atoms with Crippen molar-refractivity contribution in [3.63, 3.8) is 0 Å². The summed E-state index contributed by atoms with van der Waals surface area (Å²) in [6.07, 6.45) is 7.83. The highest BCUT2D eigenvalue weighted by atomic mass is 32.1. The molecule has 1 spiro atoms. The molecule has 2 aliphatic heterocycles. The van der Waals surface area contributed by atoms with Crippen LogP contribution in [0.25, 0.3) is 0 Å². The fraction of sp³-hybridized carbons (Fsp3) is 0.765. The number of aromatic nitrogens is 1. The average molecular weight is 334 g/mol. The molecule has 23 heavy (non-hydrogen) atoms. The van der Waals surface area contributed by atoms with Crippen molar-refractivity contribution in [2.45, 2.75) is 51.0 Å². The maximum absolute atomic E-state index is 12.4. The van der Waals surface area contributed by atoms with Gasteiger partial charge in [-0.15, -0.1) is 11.3 Å². The van der Waals surface area contributed by atoms with Gasteiger partial charge in [0.05, 0.1) is 16.7 Å². The van der Waals surface area contributed by atoms with Gasteiger partial charge in [0.2, 0.25) is 5.91 Å². The highest BCUT2D eigenvalue weighted by Gasteiger charge is 2.41. The average Bonchev–Trinajstić information content (AvgIpc) is 3.23. The molecule has 2 saturated heterocycles. The third-order valence-electron chi connectivity index (χ3n) is 5.62. The van der Waals surface area contributed by atoms with Crippen LogP contribution in [-0.2, 0) is 24.1 Å². The highest BCUT2D eigenvalue weighted by molar-refractivity contribution is 7.11. The third-order valence-corrected chi connectivity index (χ3v) is 6.84. The number of amides is 1. The number of carbonyl (C=O) groups excluding carboxylic acids is 1. The molecule has 3 heterocycles. The number of nitrogens with zero attached hydrogens (tertiary/aromatic N) is 1. The Hall–Kier alpha value is -0.980. The molecular formula is C17H26N4OS. The van der Waals surface area contributed by atoms with Gasteiger partial charge in [0.25, 0.3) is 0 Å². The van der Waals surface area contributed by atoms with Crippen molar-refractivity contribution in [2.75, 3.05) is 26.2 Å². The highest BCUT2D eigenvalue weighted by Crippen LogP contribution is 2.37. The predicted molar refractivity (Wildman–Crippen MR) is 91.8 cm³/mol. The van der Waals surface area contributed by atoms with Crippen molar-refractivity contribution in [1.29, 1.82) is 0 Å². The van der Waals surface area contributed by atoms with Crippen LogP contribution >= 0.6 is 11.3 Å². The number of thiazole rings is 1. The number of fused-ring (bicyclic) bond motifs is 1. The fourth-order valence-corrected chi connectivity index (χ4v) is 5.36. The second kappa shape index (κ2) is 6.49. The number of hydrogen-bond donors (Lipinski definition) is 3. The van der Waals surface area contributed by atoms with Crippen LogP contribution < -0.4 is 16.0 Å². The summed E-state index contributed by atoms with van der Waals surface area (Å²) >= 11 is 1.84. The number of carbonyl (C=O) groups is 1. The summed E-state index contributed by atoms with van der Waals surface area (Å²) in [5, 5.41) is 11.2. The van der Waals surface area contributed by atoms with E-state index in [0.29, 0.717) is 12.0 Å². The number of nitrogens with one attached hydrogen (secondary N) is 3. The Morgan fingerprint density at radius 3 is 3.04 bits per heavy atom. The van der Waals surface area contributed by atoms with Gasteiger partial charge in [-0.3, -0.25) is 4.79 Å². The quantitative estimate of drug-likeness (QED) is 0.769. The SMILES string of the molecule is O=C(NCCc1nc2c(s1)CCC2)C1CC2(CCNCC2)CN1. The van der Waals surface area contributed by atoms with Gasteiger partial charge >= 0.3 is 0 Å². The zero-order valence-corrected chi connectivity index (χ0v) is 14.4. The molecule has 1 unspecified atom stereocenters. The second-order valence-electron chi connectivity index (χ2n) is 7.26. The molecule has 6 heteroatoms. The van der Waals surface area contributed by atoms with Gasteiger partial charge in [-0.05, 0) is 57.0 Å². The molecule has 2 fully saturated rings. The summed E-state index contributed by atoms with van der Waals surface area (Å²) in [7, 11) is 0. The van der Waals surface area contributed by atoms with E-state index in [0.717, 1.165) is 38.9 Å². The lowest BCUT2D eigenvalue weighted by molar-refractivity contribution is -0.122. The Morgan fingerprint density at radius 1 is 1.35 bits per heavy atom. The first-order chi connectivity index (χ1) is 11.2. The van der Waals surface area contributed by atoms with Gasteiger partial charge in [0.1, 0.15) is 0 Å². The molecule has 0 radical (unpaired) electrons. The molecule has 3 aliphatic rings. The lowest BCUT2D eigenvalue weighted by Crippen LogP contribution is -2.41. The lowest BCUT2D eigenvalue weighted by Gasteiger charge is -2.33. The summed E-state index contributed by atoms with van der Waals surface area (Å²) in [6, 6.07) is -0.00518. The van der Waals surface area contributed by atoms with Crippen molar-refractivity contribution >= 4 is 17.2 Å². The van der Waals surface area contributed by atoms with Gasteiger partial charge in [-0.2, -0.15) is 0 Å². The van der Waals surface area contributed by atoms with E-state index in [4.69, 9.17) is 4.98 Å². The maximum atomic E-state index is 12.4. The lowest BCUT2D eigenvalue weighted by atomic mass is 9.77. The monoisotopic (exact) mass is 334 g/mol. The standard InChI is InChI=1S/C17H26N4OS/c22-16(13-10-17(11-20-13)5-8-18-9-6-17)19-7-4-15-21-12-2-1-3-14(12)23-15/h13,18,20H,1-11H2,(H,19,22). The fourth-order valence-electron chi connectivity index (χ4n) is 4.21. The molecule has 0 saturated carbocycles. The summed E-state index contributed by atoms with van der Waals surface area (Å²) < 4.78 is 0. The minimum Gasteiger partial charge on any atom is -0.354 e. The molecule has 1 amide bonds. The Balaban J connectivity index is 1.24. The minimum atomic E-state index is -0.00518. The molecule has 1 aromatic heterocycles. The van der Waals surface area contributed by atoms with E-state index < -0.39 is 0 Å². The van der Waals surface area contributed by atoms with E-state index in [1.807, 2.05) is 11.3 Å². The van der Waals surface area contributed by atoms with Crippen LogP contribution in [0.2, 0.25) is 0 Å². The van der Waals surface area contributed by atoms with Gasteiger partial charge in [-0.25, -0.2) is 4.98 Å². The molecule has 1 atom stereocenters. The van der Waals surface area contributed by atoms with Crippen LogP contribution in [-0.4, -0.2) is 43.1 Å². The Labute approximate surface area is 141 Å². The zero-order chi connectivity index (χ0) is 15.7. The van der Waals surface area contributed by atoms with Crippen LogP contribution in [0, 0.1) is 5.41 Å². The second-order valence-corrected chi connectivity index (χ2v) is 8.43. The minimum absolute atomic E-state index is 0.00518. The van der Waals surface area contributed by atoms with Crippen molar-refractivity contribution < 1.29 is 4.79 Å². The van der Waals surface area contributed by atoms with Crippen LogP contribution in [0.4, 0.5) is 0 Å². The number of rotatable bonds is 4. The van der Waals surface area contributed by atoms with E-state index in [9.17, 15) is 4.79 Å². The third kappa shape index (κ3) is 3.30. The largest absolute Gasteiger partial charge is 0.354 e. The van der Waals surface area contributed by atoms with E-state index in [1.165, 1.54) is 41.3 Å². The van der Waals surface area contributed by atoms with E-state index in [1.54, 1.807) is 0 Å². The van der Waals surface area contributed by atoms with Crippen molar-refractivity contribution in [2.24, 2.45) is 5.41 Å². The van der Waals surface area contributed by atoms with Crippen molar-refractivity contribution in [3.8, 4) is 0 Å². The topological polar surface area (TPSA) is 66.0 Å². The Kier molecular flexibility index (Phi) is 4.39. The molecule has 0 aromatic carbocycles. The first-order valence-electron chi connectivity index (χ1n) is 8.93. The summed E-state index contributed by atoms with van der Waals surface area (Å²) in [5.41, 5.74) is 1.66. The number of aryl methyl sites for hydroxylation is 2. The van der Waals surface area contributed by atoms with Crippen molar-refractivity contribution in [3.05, 3.63) is 15.6 Å². The van der Waals surface area contributed by atoms with Gasteiger partial charge in [-0.1, -0.05) is 0 Å². The molecule has 126 valence electrons. The molecule has 0 bridgehead atoms. The summed E-state index contributed by atoms with van der Waals surface area (Å²) in [5.74, 6) is 0.171. The molecule has 3 N–H and O–H groups in total. The maximum Gasteiger partial charge on any atom is 0.237 e. The molecule has 1 aliphatic carbocycles. The van der Waals surface area contributed by atoms with Gasteiger partial charge in [0, 0.05) is 24.4 Å². The Morgan fingerprint density at radius 2 is 2.22 bits per heavy atom. The number of hydrogen-bond acceptors (Lipinski definition) is 5. The summed E-state index contributed by atoms with van der Waals surface area (Å²) in [6.45, 7) is 3.87. The van der Waals surface area contributed by atoms with Crippen LogP contribution in [0.15, 0.2) is 0 Å². The normalized spacial score (nSPS) is 25.7. The smallest absolute Gasteiger partial charge is 0.237 e. The van der Waals surface area contributed by atoms with Gasteiger partial charge < -0.3 is 16.0 Å². The van der Waals surface area contributed by atoms with Crippen LogP contribution in [0.5, 0.6) is 0 Å². The summed E-state index contributed by atoms with van der Waals surface area (Å²) in [4.78, 5) is 18.6. The number of piperidine rings is 1. The first-order valence-corrected chi connectivity index (χ1v) is 9.75. The van der Waals surface area contributed by atoms with Crippen LogP contribution in [0.1, 0.15) is 41.3 Å². The van der Waals surface area contributed by atoms with E-state index in [-0.39, 0.29) is 11.9 Å².